The van der Waals surface area contributed by atoms with E-state index in [0.29, 0.717) is 11.3 Å². The molecule has 0 bridgehead atoms. The maximum absolute atomic E-state index is 12.8. The van der Waals surface area contributed by atoms with Crippen molar-refractivity contribution in [1.29, 1.82) is 0 Å². The summed E-state index contributed by atoms with van der Waals surface area (Å²) < 4.78 is 11.7. The minimum absolute atomic E-state index is 0.0933. The van der Waals surface area contributed by atoms with Crippen molar-refractivity contribution in [2.75, 3.05) is 6.61 Å². The van der Waals surface area contributed by atoms with Crippen molar-refractivity contribution in [3.8, 4) is 16.9 Å². The summed E-state index contributed by atoms with van der Waals surface area (Å²) in [6.45, 7) is 7.44. The third-order valence-corrected chi connectivity index (χ3v) is 8.90. The quantitative estimate of drug-likeness (QED) is 0.0573. The molecule has 3 aromatic carbocycles. The number of hydrogen-bond donors (Lipinski definition) is 0. The first-order valence-corrected chi connectivity index (χ1v) is 18.2. The summed E-state index contributed by atoms with van der Waals surface area (Å²) in [4.78, 5) is 12.8. The first-order chi connectivity index (χ1) is 22.1. The lowest BCUT2D eigenvalue weighted by Gasteiger charge is -2.14. The zero-order valence-corrected chi connectivity index (χ0v) is 28.7. The Morgan fingerprint density at radius 2 is 1.02 bits per heavy atom. The highest BCUT2D eigenvalue weighted by Gasteiger charge is 2.10. The lowest BCUT2D eigenvalue weighted by Crippen LogP contribution is -2.08. The largest absolute Gasteiger partial charge is 0.423 e. The van der Waals surface area contributed by atoms with Crippen LogP contribution < -0.4 is 4.74 Å². The van der Waals surface area contributed by atoms with Crippen molar-refractivity contribution >= 4 is 5.97 Å². The van der Waals surface area contributed by atoms with Crippen molar-refractivity contribution in [3.05, 3.63) is 89.5 Å². The van der Waals surface area contributed by atoms with Crippen LogP contribution in [0, 0.1) is 0 Å². The van der Waals surface area contributed by atoms with Gasteiger partial charge >= 0.3 is 5.97 Å². The van der Waals surface area contributed by atoms with E-state index in [4.69, 9.17) is 9.47 Å². The molecule has 0 saturated heterocycles. The van der Waals surface area contributed by atoms with Crippen molar-refractivity contribution in [1.82, 2.24) is 0 Å². The molecule has 0 saturated carbocycles. The second-order valence-electron chi connectivity index (χ2n) is 12.8. The van der Waals surface area contributed by atoms with Crippen LogP contribution in [0.3, 0.4) is 0 Å². The summed E-state index contributed by atoms with van der Waals surface area (Å²) in [6, 6.07) is 24.2. The van der Waals surface area contributed by atoms with Gasteiger partial charge in [0.15, 0.2) is 0 Å². The van der Waals surface area contributed by atoms with Crippen molar-refractivity contribution in [3.63, 3.8) is 0 Å². The Morgan fingerprint density at radius 1 is 0.556 bits per heavy atom. The third-order valence-electron chi connectivity index (χ3n) is 8.90. The molecule has 246 valence electrons. The fourth-order valence-electron chi connectivity index (χ4n) is 5.87. The molecule has 1 unspecified atom stereocenters. The molecule has 0 heterocycles. The van der Waals surface area contributed by atoms with E-state index < -0.39 is 0 Å². The summed E-state index contributed by atoms with van der Waals surface area (Å²) in [5, 5.41) is 0. The van der Waals surface area contributed by atoms with E-state index in [1.807, 2.05) is 36.4 Å². The predicted molar refractivity (Wildman–Crippen MR) is 191 cm³/mol. The summed E-state index contributed by atoms with van der Waals surface area (Å²) in [7, 11) is 0. The number of hydrogen-bond acceptors (Lipinski definition) is 3. The molecule has 3 heteroatoms. The maximum Gasteiger partial charge on any atom is 0.343 e. The van der Waals surface area contributed by atoms with Crippen LogP contribution in [0.15, 0.2) is 72.8 Å². The van der Waals surface area contributed by atoms with E-state index in [-0.39, 0.29) is 12.1 Å². The Labute approximate surface area is 275 Å². The molecule has 0 aliphatic carbocycles. The smallest absolute Gasteiger partial charge is 0.343 e. The highest BCUT2D eigenvalue weighted by Crippen LogP contribution is 2.26. The molecule has 0 amide bonds. The molecule has 0 aliphatic rings. The van der Waals surface area contributed by atoms with Crippen molar-refractivity contribution in [2.45, 2.75) is 142 Å². The van der Waals surface area contributed by atoms with Crippen LogP contribution in [0.2, 0.25) is 0 Å². The summed E-state index contributed by atoms with van der Waals surface area (Å²) >= 11 is 0. The Morgan fingerprint density at radius 3 is 1.56 bits per heavy atom. The SMILES string of the molecule is CCCCCCCCCCCCCCCc1ccc(C(=O)Oc2ccc(-c3ccc(C(C)OCCCCCC)cc3)cc2)cc1. The van der Waals surface area contributed by atoms with Gasteiger partial charge in [0.25, 0.3) is 0 Å². The van der Waals surface area contributed by atoms with Crippen molar-refractivity contribution < 1.29 is 14.3 Å². The van der Waals surface area contributed by atoms with Gasteiger partial charge in [-0.25, -0.2) is 4.79 Å². The maximum atomic E-state index is 12.8. The first kappa shape index (κ1) is 36.6. The van der Waals surface area contributed by atoms with E-state index in [1.165, 1.54) is 114 Å². The first-order valence-electron chi connectivity index (χ1n) is 18.2. The van der Waals surface area contributed by atoms with Crippen LogP contribution in [0.5, 0.6) is 5.75 Å². The standard InChI is InChI=1S/C42H60O3/c1-4-6-8-10-11-12-13-14-15-16-17-18-19-21-36-22-24-40(25-23-36)42(43)45-41-32-30-39(31-33-41)38-28-26-37(27-29-38)35(3)44-34-20-9-7-5-2/h22-33,35H,4-21,34H2,1-3H3. The molecule has 3 aromatic rings. The highest BCUT2D eigenvalue weighted by atomic mass is 16.5. The zero-order valence-electron chi connectivity index (χ0n) is 28.7. The fraction of sp³-hybridized carbons (Fsp3) is 0.548. The highest BCUT2D eigenvalue weighted by molar-refractivity contribution is 5.91. The molecule has 45 heavy (non-hydrogen) atoms. The zero-order chi connectivity index (χ0) is 32.0. The van der Waals surface area contributed by atoms with Crippen LogP contribution in [0.4, 0.5) is 0 Å². The average molecular weight is 613 g/mol. The molecule has 0 aliphatic heterocycles. The Hall–Kier alpha value is -2.91. The van der Waals surface area contributed by atoms with Gasteiger partial charge in [-0.1, -0.05) is 159 Å². The van der Waals surface area contributed by atoms with Gasteiger partial charge in [-0.2, -0.15) is 0 Å². The van der Waals surface area contributed by atoms with Crippen molar-refractivity contribution in [2.24, 2.45) is 0 Å². The summed E-state index contributed by atoms with van der Waals surface area (Å²) in [5.74, 6) is 0.241. The lowest BCUT2D eigenvalue weighted by molar-refractivity contribution is 0.0628. The monoisotopic (exact) mass is 612 g/mol. The predicted octanol–water partition coefficient (Wildman–Crippen LogP) is 12.9. The van der Waals surface area contributed by atoms with Gasteiger partial charge in [-0.05, 0) is 72.7 Å². The van der Waals surface area contributed by atoms with Gasteiger partial charge in [0, 0.05) is 6.61 Å². The number of ether oxygens (including phenoxy) is 2. The summed E-state index contributed by atoms with van der Waals surface area (Å²) in [6.07, 6.45) is 23.9. The topological polar surface area (TPSA) is 35.5 Å². The molecule has 3 nitrogen and oxygen atoms in total. The number of carbonyl (C=O) groups is 1. The molecule has 3 rings (SSSR count). The van der Waals surface area contributed by atoms with E-state index in [0.717, 1.165) is 30.6 Å². The molecular weight excluding hydrogens is 552 g/mol. The lowest BCUT2D eigenvalue weighted by atomic mass is 10.0. The minimum Gasteiger partial charge on any atom is -0.423 e. The number of rotatable bonds is 24. The number of carbonyl (C=O) groups excluding carboxylic acids is 1. The average Bonchev–Trinajstić information content (AvgIpc) is 3.07. The second kappa shape index (κ2) is 22.6. The Balaban J connectivity index is 1.31. The fourth-order valence-corrected chi connectivity index (χ4v) is 5.87. The molecule has 1 atom stereocenters. The number of aryl methyl sites for hydroxylation is 1. The van der Waals surface area contributed by atoms with Gasteiger partial charge in [-0.3, -0.25) is 0 Å². The van der Waals surface area contributed by atoms with Gasteiger partial charge in [0.05, 0.1) is 11.7 Å². The number of benzene rings is 3. The number of esters is 1. The molecule has 0 spiro atoms. The van der Waals surface area contributed by atoms with E-state index in [9.17, 15) is 4.79 Å². The van der Waals surface area contributed by atoms with Gasteiger partial charge < -0.3 is 9.47 Å². The molecular formula is C42H60O3. The van der Waals surface area contributed by atoms with Gasteiger partial charge in [0.1, 0.15) is 5.75 Å². The van der Waals surface area contributed by atoms with Crippen LogP contribution >= 0.6 is 0 Å². The molecule has 0 fully saturated rings. The van der Waals surface area contributed by atoms with E-state index >= 15 is 0 Å². The van der Waals surface area contributed by atoms with E-state index in [2.05, 4.69) is 57.2 Å². The molecule has 0 N–H and O–H groups in total. The van der Waals surface area contributed by atoms with Crippen LogP contribution in [0.25, 0.3) is 11.1 Å². The van der Waals surface area contributed by atoms with Gasteiger partial charge in [0.2, 0.25) is 0 Å². The van der Waals surface area contributed by atoms with Crippen LogP contribution in [-0.2, 0) is 11.2 Å². The van der Waals surface area contributed by atoms with E-state index in [1.54, 1.807) is 0 Å². The Bertz CT molecular complexity index is 1160. The Kier molecular flexibility index (Phi) is 18.3. The molecule has 0 aromatic heterocycles. The van der Waals surface area contributed by atoms with Gasteiger partial charge in [-0.15, -0.1) is 0 Å². The second-order valence-corrected chi connectivity index (χ2v) is 12.8. The van der Waals surface area contributed by atoms with Crippen LogP contribution in [0.1, 0.15) is 158 Å². The minimum atomic E-state index is -0.316. The normalized spacial score (nSPS) is 11.9. The summed E-state index contributed by atoms with van der Waals surface area (Å²) in [5.41, 5.74) is 5.29. The third kappa shape index (κ3) is 14.8. The molecule has 0 radical (unpaired) electrons. The number of unbranched alkanes of at least 4 members (excludes halogenated alkanes) is 15. The van der Waals surface area contributed by atoms with Crippen LogP contribution in [-0.4, -0.2) is 12.6 Å².